The highest BCUT2D eigenvalue weighted by molar-refractivity contribution is 7.20. The van der Waals surface area contributed by atoms with Gasteiger partial charge in [0.15, 0.2) is 0 Å². The molecular formula is C34H35N5O6S2. The summed E-state index contributed by atoms with van der Waals surface area (Å²) in [5.41, 5.74) is 1.50. The quantitative estimate of drug-likeness (QED) is 0.320. The van der Waals surface area contributed by atoms with E-state index in [4.69, 9.17) is 9.47 Å². The Hall–Kier alpha value is -4.75. The van der Waals surface area contributed by atoms with Crippen LogP contribution in [0.1, 0.15) is 40.3 Å². The molecule has 4 amide bonds. The maximum Gasteiger partial charge on any atom is 0.273 e. The Bertz CT molecular complexity index is 1770. The van der Waals surface area contributed by atoms with Gasteiger partial charge in [0.25, 0.3) is 11.8 Å². The third-order valence-electron chi connectivity index (χ3n) is 7.72. The van der Waals surface area contributed by atoms with E-state index in [1.165, 1.54) is 16.2 Å². The van der Waals surface area contributed by atoms with Gasteiger partial charge in [-0.05, 0) is 53.6 Å². The van der Waals surface area contributed by atoms with Crippen LogP contribution < -0.4 is 20.1 Å². The number of hydrogen-bond donors (Lipinski definition) is 2. The fraction of sp³-hybridized carbons (Fsp3) is 0.324. The molecule has 13 heteroatoms. The van der Waals surface area contributed by atoms with Gasteiger partial charge in [0.05, 0.1) is 24.6 Å². The lowest BCUT2D eigenvalue weighted by Crippen LogP contribution is -2.62. The van der Waals surface area contributed by atoms with Crippen LogP contribution in [0.15, 0.2) is 65.4 Å². The summed E-state index contributed by atoms with van der Waals surface area (Å²) in [7, 11) is 0. The molecule has 2 aromatic heterocycles. The first-order valence-corrected chi connectivity index (χ1v) is 17.2. The Morgan fingerprint density at radius 2 is 1.91 bits per heavy atom. The third-order valence-corrected chi connectivity index (χ3v) is 9.60. The molecule has 6 rings (SSSR count). The van der Waals surface area contributed by atoms with Gasteiger partial charge in [-0.25, -0.2) is 4.98 Å². The third kappa shape index (κ3) is 7.80. The normalized spacial score (nSPS) is 17.3. The molecule has 2 N–H and O–H groups in total. The molecule has 4 heterocycles. The fourth-order valence-corrected chi connectivity index (χ4v) is 6.96. The van der Waals surface area contributed by atoms with Crippen molar-refractivity contribution in [3.05, 3.63) is 82.2 Å². The van der Waals surface area contributed by atoms with Gasteiger partial charge in [-0.2, -0.15) is 0 Å². The SMILES string of the molecule is CC(C)COc1cc2cc(c1)C(=O)NCC(=O)N1CCN(C(=O)c3csc(-c4cccs4)n3)C[C@@H]1C(=O)NCCc1cccc(c1)O2. The number of thiophene rings is 1. The average Bonchev–Trinajstić information content (AvgIpc) is 3.78. The molecule has 47 heavy (non-hydrogen) atoms. The Morgan fingerprint density at radius 3 is 2.72 bits per heavy atom. The minimum Gasteiger partial charge on any atom is -0.493 e. The molecule has 0 unspecified atom stereocenters. The van der Waals surface area contributed by atoms with Crippen molar-refractivity contribution < 1.29 is 28.7 Å². The Kier molecular flexibility index (Phi) is 9.83. The lowest BCUT2D eigenvalue weighted by molar-refractivity contribution is -0.142. The minimum atomic E-state index is -0.947. The van der Waals surface area contributed by atoms with Crippen molar-refractivity contribution in [3.63, 3.8) is 0 Å². The van der Waals surface area contributed by atoms with E-state index in [0.29, 0.717) is 42.5 Å². The number of ether oxygens (including phenoxy) is 2. The smallest absolute Gasteiger partial charge is 0.273 e. The number of thiazole rings is 1. The topological polar surface area (TPSA) is 130 Å². The number of amides is 4. The molecule has 1 saturated heterocycles. The number of hydrogen-bond acceptors (Lipinski definition) is 9. The van der Waals surface area contributed by atoms with E-state index in [0.717, 1.165) is 15.4 Å². The van der Waals surface area contributed by atoms with Crippen molar-refractivity contribution in [2.45, 2.75) is 26.3 Å². The van der Waals surface area contributed by atoms with Gasteiger partial charge in [0, 0.05) is 36.6 Å². The molecule has 1 fully saturated rings. The molecule has 0 saturated carbocycles. The summed E-state index contributed by atoms with van der Waals surface area (Å²) in [6, 6.07) is 15.4. The maximum absolute atomic E-state index is 13.6. The van der Waals surface area contributed by atoms with Crippen LogP contribution in [0.4, 0.5) is 0 Å². The van der Waals surface area contributed by atoms with E-state index in [9.17, 15) is 19.2 Å². The number of piperazine rings is 1. The molecule has 2 aliphatic heterocycles. The van der Waals surface area contributed by atoms with Crippen molar-refractivity contribution in [2.75, 3.05) is 39.3 Å². The van der Waals surface area contributed by atoms with Gasteiger partial charge >= 0.3 is 0 Å². The highest BCUT2D eigenvalue weighted by Crippen LogP contribution is 2.30. The molecule has 4 bridgehead atoms. The summed E-state index contributed by atoms with van der Waals surface area (Å²) in [6.07, 6.45) is 0.513. The van der Waals surface area contributed by atoms with Crippen LogP contribution in [0.3, 0.4) is 0 Å². The molecule has 0 radical (unpaired) electrons. The molecule has 1 atom stereocenters. The molecule has 4 aromatic rings. The maximum atomic E-state index is 13.6. The number of carbonyl (C=O) groups is 4. The Labute approximate surface area is 280 Å². The minimum absolute atomic E-state index is 0.00185. The second kappa shape index (κ2) is 14.3. The predicted octanol–water partition coefficient (Wildman–Crippen LogP) is 4.45. The number of benzene rings is 2. The summed E-state index contributed by atoms with van der Waals surface area (Å²) in [6.45, 7) is 4.83. The van der Waals surface area contributed by atoms with E-state index < -0.39 is 17.9 Å². The van der Waals surface area contributed by atoms with E-state index in [1.807, 2.05) is 55.6 Å². The first kappa shape index (κ1) is 32.2. The lowest BCUT2D eigenvalue weighted by atomic mass is 10.1. The summed E-state index contributed by atoms with van der Waals surface area (Å²) < 4.78 is 12.0. The molecule has 244 valence electrons. The van der Waals surface area contributed by atoms with Gasteiger partial charge in [-0.1, -0.05) is 32.0 Å². The number of nitrogens with one attached hydrogen (secondary N) is 2. The number of aromatic nitrogens is 1. The Morgan fingerprint density at radius 1 is 1.04 bits per heavy atom. The first-order valence-electron chi connectivity index (χ1n) is 15.4. The zero-order chi connectivity index (χ0) is 32.9. The number of rotatable bonds is 5. The van der Waals surface area contributed by atoms with Crippen LogP contribution in [0, 0.1) is 5.92 Å². The molecule has 2 aliphatic rings. The average molecular weight is 674 g/mol. The van der Waals surface area contributed by atoms with Gasteiger partial charge in [0.2, 0.25) is 11.8 Å². The van der Waals surface area contributed by atoms with Gasteiger partial charge in [-0.3, -0.25) is 19.2 Å². The molecule has 2 aromatic carbocycles. The first-order chi connectivity index (χ1) is 22.7. The van der Waals surface area contributed by atoms with Crippen LogP contribution in [0.25, 0.3) is 9.88 Å². The summed E-state index contributed by atoms with van der Waals surface area (Å²) in [4.78, 5) is 62.5. The van der Waals surface area contributed by atoms with Gasteiger partial charge in [0.1, 0.15) is 34.0 Å². The van der Waals surface area contributed by atoms with E-state index in [2.05, 4.69) is 15.6 Å². The standard InChI is InChI=1S/C34H35N5O6S2/c1-21(2)19-44-25-14-23-15-26(16-25)45-24-6-3-5-22(13-24)8-9-35-32(42)28-18-38(10-11-39(28)30(40)17-36-31(23)41)34(43)27-20-47-33(37-27)29-7-4-12-46-29/h3-7,12-16,20-21,28H,8-11,17-19H2,1-2H3,(H,35,42)(H,36,41)/t28-/m1/s1. The van der Waals surface area contributed by atoms with Gasteiger partial charge < -0.3 is 29.9 Å². The van der Waals surface area contributed by atoms with Crippen LogP contribution >= 0.6 is 22.7 Å². The fourth-order valence-electron chi connectivity index (χ4n) is 5.35. The van der Waals surface area contributed by atoms with Crippen LogP contribution in [-0.4, -0.2) is 83.8 Å². The van der Waals surface area contributed by atoms with Crippen LogP contribution in [0.2, 0.25) is 0 Å². The monoisotopic (exact) mass is 673 g/mol. The predicted molar refractivity (Wildman–Crippen MR) is 179 cm³/mol. The number of fused-ring (bicyclic) bond motifs is 5. The summed E-state index contributed by atoms with van der Waals surface area (Å²) in [5, 5.41) is 10.1. The van der Waals surface area contributed by atoms with Crippen molar-refractivity contribution in [2.24, 2.45) is 5.92 Å². The van der Waals surface area contributed by atoms with E-state index >= 15 is 0 Å². The highest BCUT2D eigenvalue weighted by Gasteiger charge is 2.37. The largest absolute Gasteiger partial charge is 0.493 e. The summed E-state index contributed by atoms with van der Waals surface area (Å²) in [5.74, 6) is 0.127. The molecule has 11 nitrogen and oxygen atoms in total. The zero-order valence-corrected chi connectivity index (χ0v) is 27.7. The lowest BCUT2D eigenvalue weighted by Gasteiger charge is -2.40. The van der Waals surface area contributed by atoms with Crippen molar-refractivity contribution in [1.82, 2.24) is 25.4 Å². The van der Waals surface area contributed by atoms with Crippen LogP contribution in [0.5, 0.6) is 17.2 Å². The molecule has 0 aliphatic carbocycles. The van der Waals surface area contributed by atoms with Gasteiger partial charge in [-0.15, -0.1) is 22.7 Å². The van der Waals surface area contributed by atoms with Crippen LogP contribution in [-0.2, 0) is 16.0 Å². The molecule has 0 spiro atoms. The van der Waals surface area contributed by atoms with Crippen molar-refractivity contribution >= 4 is 46.3 Å². The summed E-state index contributed by atoms with van der Waals surface area (Å²) >= 11 is 2.93. The number of nitrogens with zero attached hydrogens (tertiary/aromatic N) is 3. The highest BCUT2D eigenvalue weighted by atomic mass is 32.1. The number of carbonyl (C=O) groups excluding carboxylic acids is 4. The second-order valence-electron chi connectivity index (χ2n) is 11.7. The van der Waals surface area contributed by atoms with Crippen molar-refractivity contribution in [1.29, 1.82) is 0 Å². The zero-order valence-electron chi connectivity index (χ0n) is 26.1. The van der Waals surface area contributed by atoms with Crippen molar-refractivity contribution in [3.8, 4) is 27.1 Å². The van der Waals surface area contributed by atoms with E-state index in [1.54, 1.807) is 39.8 Å². The Balaban J connectivity index is 1.24. The van der Waals surface area contributed by atoms with E-state index in [-0.39, 0.29) is 49.5 Å². The molecular weight excluding hydrogens is 639 g/mol. The second-order valence-corrected chi connectivity index (χ2v) is 13.5.